The summed E-state index contributed by atoms with van der Waals surface area (Å²) in [5.41, 5.74) is 11.4. The molecule has 0 unspecified atom stereocenters. The maximum Gasteiger partial charge on any atom is 0.121 e. The fraction of sp³-hybridized carbons (Fsp3) is 0.231. The van der Waals surface area contributed by atoms with E-state index in [1.165, 1.54) is 0 Å². The standard InChI is InChI=1S/C13H15N5S/c1-18(5-10-7-19-8-15-10)6-13-16-11-3-2-9(14)4-12(11)17-13/h2-4,7-8H,5-6,14H2,1H3,(H,16,17). The van der Waals surface area contributed by atoms with Gasteiger partial charge in [0.1, 0.15) is 5.82 Å². The summed E-state index contributed by atoms with van der Waals surface area (Å²) in [6.45, 7) is 1.58. The average molecular weight is 273 g/mol. The first-order valence-corrected chi connectivity index (χ1v) is 6.95. The molecule has 0 amide bonds. The predicted octanol–water partition coefficient (Wildman–Crippen LogP) is 2.23. The van der Waals surface area contributed by atoms with Gasteiger partial charge < -0.3 is 10.7 Å². The van der Waals surface area contributed by atoms with Crippen LogP contribution in [-0.2, 0) is 13.1 Å². The number of hydrogen-bond donors (Lipinski definition) is 2. The van der Waals surface area contributed by atoms with Gasteiger partial charge >= 0.3 is 0 Å². The number of hydrogen-bond acceptors (Lipinski definition) is 5. The summed E-state index contributed by atoms with van der Waals surface area (Å²) in [7, 11) is 2.06. The van der Waals surface area contributed by atoms with E-state index in [0.717, 1.165) is 41.3 Å². The Kier molecular flexibility index (Phi) is 3.18. The number of benzene rings is 1. The SMILES string of the molecule is CN(Cc1cscn1)Cc1nc2ccc(N)cc2[nH]1. The summed E-state index contributed by atoms with van der Waals surface area (Å²) in [6.07, 6.45) is 0. The number of anilines is 1. The van der Waals surface area contributed by atoms with Gasteiger partial charge in [-0.2, -0.15) is 0 Å². The number of nitrogen functional groups attached to an aromatic ring is 1. The number of fused-ring (bicyclic) bond motifs is 1. The highest BCUT2D eigenvalue weighted by molar-refractivity contribution is 7.07. The molecule has 2 aromatic heterocycles. The molecule has 98 valence electrons. The van der Waals surface area contributed by atoms with Crippen LogP contribution in [0.15, 0.2) is 29.1 Å². The lowest BCUT2D eigenvalue weighted by Crippen LogP contribution is -2.18. The average Bonchev–Trinajstić information content (AvgIpc) is 2.97. The van der Waals surface area contributed by atoms with E-state index in [2.05, 4.69) is 32.3 Å². The third-order valence-corrected chi connectivity index (χ3v) is 3.53. The van der Waals surface area contributed by atoms with Crippen molar-refractivity contribution in [1.29, 1.82) is 0 Å². The quantitative estimate of drug-likeness (QED) is 0.715. The first kappa shape index (κ1) is 12.1. The molecule has 0 aliphatic carbocycles. The Hall–Kier alpha value is -1.92. The van der Waals surface area contributed by atoms with E-state index in [9.17, 15) is 0 Å². The second kappa shape index (κ2) is 4.99. The van der Waals surface area contributed by atoms with Gasteiger partial charge in [-0.1, -0.05) is 0 Å². The van der Waals surface area contributed by atoms with Crippen molar-refractivity contribution in [2.24, 2.45) is 0 Å². The van der Waals surface area contributed by atoms with Crippen molar-refractivity contribution in [3.05, 3.63) is 40.6 Å². The number of nitrogens with two attached hydrogens (primary N) is 1. The van der Waals surface area contributed by atoms with Crippen molar-refractivity contribution in [2.45, 2.75) is 13.1 Å². The van der Waals surface area contributed by atoms with Gasteiger partial charge in [0.15, 0.2) is 0 Å². The minimum atomic E-state index is 0.749. The highest BCUT2D eigenvalue weighted by atomic mass is 32.1. The normalized spacial score (nSPS) is 11.5. The molecule has 6 heteroatoms. The minimum absolute atomic E-state index is 0.749. The van der Waals surface area contributed by atoms with Crippen molar-refractivity contribution in [3.8, 4) is 0 Å². The largest absolute Gasteiger partial charge is 0.399 e. The molecule has 2 heterocycles. The second-order valence-electron chi connectivity index (χ2n) is 4.61. The van der Waals surface area contributed by atoms with E-state index < -0.39 is 0 Å². The van der Waals surface area contributed by atoms with Crippen LogP contribution < -0.4 is 5.73 Å². The molecular formula is C13H15N5S. The van der Waals surface area contributed by atoms with E-state index >= 15 is 0 Å². The van der Waals surface area contributed by atoms with E-state index in [4.69, 9.17) is 5.73 Å². The third kappa shape index (κ3) is 2.74. The number of rotatable bonds is 4. The molecule has 0 radical (unpaired) electrons. The van der Waals surface area contributed by atoms with Crippen LogP contribution in [-0.4, -0.2) is 26.9 Å². The van der Waals surface area contributed by atoms with Gasteiger partial charge in [-0.15, -0.1) is 11.3 Å². The van der Waals surface area contributed by atoms with Crippen LogP contribution in [0.3, 0.4) is 0 Å². The van der Waals surface area contributed by atoms with Crippen LogP contribution in [0.2, 0.25) is 0 Å². The monoisotopic (exact) mass is 273 g/mol. The highest BCUT2D eigenvalue weighted by Gasteiger charge is 2.07. The fourth-order valence-corrected chi connectivity index (χ4v) is 2.61. The van der Waals surface area contributed by atoms with Crippen LogP contribution in [0.4, 0.5) is 5.69 Å². The predicted molar refractivity (Wildman–Crippen MR) is 77.8 cm³/mol. The number of nitrogens with zero attached hydrogens (tertiary/aromatic N) is 3. The van der Waals surface area contributed by atoms with Crippen LogP contribution in [0.25, 0.3) is 11.0 Å². The maximum absolute atomic E-state index is 5.76. The molecule has 0 bridgehead atoms. The third-order valence-electron chi connectivity index (χ3n) is 2.89. The zero-order valence-corrected chi connectivity index (χ0v) is 11.4. The smallest absolute Gasteiger partial charge is 0.121 e. The van der Waals surface area contributed by atoms with Gasteiger partial charge in [-0.05, 0) is 25.2 Å². The van der Waals surface area contributed by atoms with Gasteiger partial charge in [-0.3, -0.25) is 4.90 Å². The Labute approximate surface area is 115 Å². The molecule has 3 N–H and O–H groups in total. The zero-order chi connectivity index (χ0) is 13.2. The van der Waals surface area contributed by atoms with E-state index in [1.807, 2.05) is 23.7 Å². The summed E-state index contributed by atoms with van der Waals surface area (Å²) in [5.74, 6) is 0.943. The maximum atomic E-state index is 5.76. The van der Waals surface area contributed by atoms with E-state index in [0.29, 0.717) is 0 Å². The lowest BCUT2D eigenvalue weighted by molar-refractivity contribution is 0.309. The van der Waals surface area contributed by atoms with Gasteiger partial charge in [0.25, 0.3) is 0 Å². The van der Waals surface area contributed by atoms with Gasteiger partial charge in [0, 0.05) is 17.6 Å². The number of H-pyrrole nitrogens is 1. The molecule has 3 aromatic rings. The fourth-order valence-electron chi connectivity index (χ4n) is 2.06. The number of aromatic nitrogens is 3. The molecule has 0 aliphatic heterocycles. The molecular weight excluding hydrogens is 258 g/mol. The molecule has 0 atom stereocenters. The Balaban J connectivity index is 1.74. The van der Waals surface area contributed by atoms with Crippen molar-refractivity contribution in [2.75, 3.05) is 12.8 Å². The number of thiazole rings is 1. The molecule has 19 heavy (non-hydrogen) atoms. The topological polar surface area (TPSA) is 70.8 Å². The van der Waals surface area contributed by atoms with Crippen LogP contribution in [0, 0.1) is 0 Å². The van der Waals surface area contributed by atoms with Crippen LogP contribution in [0.1, 0.15) is 11.5 Å². The first-order valence-electron chi connectivity index (χ1n) is 6.00. The van der Waals surface area contributed by atoms with Crippen molar-refractivity contribution in [3.63, 3.8) is 0 Å². The van der Waals surface area contributed by atoms with E-state index in [-0.39, 0.29) is 0 Å². The Morgan fingerprint density at radius 1 is 1.37 bits per heavy atom. The number of nitrogens with one attached hydrogen (secondary N) is 1. The van der Waals surface area contributed by atoms with Crippen LogP contribution >= 0.6 is 11.3 Å². The minimum Gasteiger partial charge on any atom is -0.399 e. The molecule has 0 spiro atoms. The molecule has 1 aromatic carbocycles. The highest BCUT2D eigenvalue weighted by Crippen LogP contribution is 2.16. The van der Waals surface area contributed by atoms with Gasteiger partial charge in [-0.25, -0.2) is 9.97 Å². The lowest BCUT2D eigenvalue weighted by Gasteiger charge is -2.12. The molecule has 0 saturated heterocycles. The Morgan fingerprint density at radius 3 is 3.05 bits per heavy atom. The number of aromatic amines is 1. The van der Waals surface area contributed by atoms with Crippen molar-refractivity contribution in [1.82, 2.24) is 19.9 Å². The summed E-state index contributed by atoms with van der Waals surface area (Å²) in [4.78, 5) is 14.3. The molecule has 3 rings (SSSR count). The summed E-state index contributed by atoms with van der Waals surface area (Å²) in [6, 6.07) is 5.71. The van der Waals surface area contributed by atoms with Gasteiger partial charge in [0.05, 0.1) is 28.8 Å². The van der Waals surface area contributed by atoms with Crippen LogP contribution in [0.5, 0.6) is 0 Å². The lowest BCUT2D eigenvalue weighted by atomic mass is 10.3. The van der Waals surface area contributed by atoms with Gasteiger partial charge in [0.2, 0.25) is 0 Å². The molecule has 0 fully saturated rings. The molecule has 0 aliphatic rings. The Bertz CT molecular complexity index is 673. The Morgan fingerprint density at radius 2 is 2.26 bits per heavy atom. The number of imidazole rings is 1. The second-order valence-corrected chi connectivity index (χ2v) is 5.33. The first-order chi connectivity index (χ1) is 9.20. The summed E-state index contributed by atoms with van der Waals surface area (Å²) < 4.78 is 0. The molecule has 5 nitrogen and oxygen atoms in total. The molecule has 0 saturated carbocycles. The summed E-state index contributed by atoms with van der Waals surface area (Å²) >= 11 is 1.62. The van der Waals surface area contributed by atoms with Crippen molar-refractivity contribution >= 4 is 28.1 Å². The zero-order valence-electron chi connectivity index (χ0n) is 10.6. The van der Waals surface area contributed by atoms with Crippen molar-refractivity contribution < 1.29 is 0 Å². The van der Waals surface area contributed by atoms with E-state index in [1.54, 1.807) is 11.3 Å². The summed E-state index contributed by atoms with van der Waals surface area (Å²) in [5, 5.41) is 2.07.